The van der Waals surface area contributed by atoms with Gasteiger partial charge in [0.2, 0.25) is 0 Å². The maximum atomic E-state index is 5.58. The van der Waals surface area contributed by atoms with Gasteiger partial charge in [-0.1, -0.05) is 36.4 Å². The fourth-order valence-electron chi connectivity index (χ4n) is 2.40. The monoisotopic (exact) mass is 348 g/mol. The second kappa shape index (κ2) is 9.27. The van der Waals surface area contributed by atoms with Crippen molar-refractivity contribution in [2.45, 2.75) is 12.8 Å². The van der Waals surface area contributed by atoms with Crippen LogP contribution in [0.15, 0.2) is 105 Å². The molecule has 0 amide bonds. The molecule has 0 saturated heterocycles. The largest absolute Gasteiger partial charge is 0.457 e. The van der Waals surface area contributed by atoms with Gasteiger partial charge in [-0.15, -0.1) is 0 Å². The van der Waals surface area contributed by atoms with Crippen LogP contribution < -0.4 is 4.74 Å². The Morgan fingerprint density at radius 1 is 0.625 bits per heavy atom. The normalized spacial score (nSPS) is 14.5. The van der Waals surface area contributed by atoms with Crippen molar-refractivity contribution in [2.24, 2.45) is 0 Å². The molecule has 2 aliphatic carbocycles. The maximum Gasteiger partial charge on any atom is 0.127 e. The van der Waals surface area contributed by atoms with E-state index in [-0.39, 0.29) is 19.2 Å². The molecule has 0 radical (unpaired) electrons. The van der Waals surface area contributed by atoms with Crippen LogP contribution in [0.1, 0.15) is 12.8 Å². The summed E-state index contributed by atoms with van der Waals surface area (Å²) in [4.78, 5) is 0. The molecule has 1 nitrogen and oxygen atoms in total. The third kappa shape index (κ3) is 5.52. The Balaban J connectivity index is 0.000000143. The van der Waals surface area contributed by atoms with E-state index >= 15 is 0 Å². The molecule has 2 heteroatoms. The predicted molar refractivity (Wildman–Crippen MR) is 96.6 cm³/mol. The quantitative estimate of drug-likeness (QED) is 0.595. The maximum absolute atomic E-state index is 5.58. The van der Waals surface area contributed by atoms with Gasteiger partial charge in [-0.2, -0.15) is 0 Å². The minimum absolute atomic E-state index is 0.0833. The predicted octanol–water partition coefficient (Wildman–Crippen LogP) is 6.24. The van der Waals surface area contributed by atoms with Crippen LogP contribution in [-0.4, -0.2) is 0 Å². The molecular weight excluding hydrogens is 328 g/mol. The van der Waals surface area contributed by atoms with Gasteiger partial charge in [0, 0.05) is 0 Å². The fourth-order valence-corrected chi connectivity index (χ4v) is 4.29. The molecule has 118 valence electrons. The smallest absolute Gasteiger partial charge is 0.127 e. The molecule has 2 aromatic carbocycles. The minimum Gasteiger partial charge on any atom is -0.457 e. The molecule has 0 aliphatic heterocycles. The van der Waals surface area contributed by atoms with Crippen molar-refractivity contribution in [3.05, 3.63) is 105 Å². The molecular formula is C22H20OTi. The SMILES string of the molecule is C1=CC[C]([Ti][C]2=CC=CC2)=C1.c1ccc(Oc2ccccc2)cc1. The van der Waals surface area contributed by atoms with Gasteiger partial charge < -0.3 is 4.74 Å². The molecule has 0 saturated carbocycles. The Morgan fingerprint density at radius 2 is 1.08 bits per heavy atom. The zero-order chi connectivity index (χ0) is 16.5. The van der Waals surface area contributed by atoms with Gasteiger partial charge in [-0.05, 0) is 24.3 Å². The minimum atomic E-state index is 0.0833. The zero-order valence-electron chi connectivity index (χ0n) is 13.6. The van der Waals surface area contributed by atoms with Crippen LogP contribution in [-0.2, 0) is 19.2 Å². The second-order valence-corrected chi connectivity index (χ2v) is 7.90. The van der Waals surface area contributed by atoms with E-state index in [1.165, 1.54) is 12.8 Å². The number of rotatable bonds is 4. The molecule has 0 aromatic heterocycles. The second-order valence-electron chi connectivity index (χ2n) is 5.50. The average Bonchev–Trinajstić information content (AvgIpc) is 3.32. The van der Waals surface area contributed by atoms with E-state index in [2.05, 4.69) is 36.5 Å². The van der Waals surface area contributed by atoms with Crippen LogP contribution in [0.4, 0.5) is 0 Å². The molecule has 0 spiro atoms. The average molecular weight is 348 g/mol. The van der Waals surface area contributed by atoms with E-state index in [1.807, 2.05) is 60.7 Å². The molecule has 4 rings (SSSR count). The van der Waals surface area contributed by atoms with E-state index < -0.39 is 0 Å². The summed E-state index contributed by atoms with van der Waals surface area (Å²) < 4.78 is 8.94. The van der Waals surface area contributed by atoms with Crippen LogP contribution in [0.25, 0.3) is 0 Å². The van der Waals surface area contributed by atoms with Crippen LogP contribution in [0.2, 0.25) is 0 Å². The van der Waals surface area contributed by atoms with Gasteiger partial charge in [-0.3, -0.25) is 0 Å². The molecule has 0 bridgehead atoms. The number of hydrogen-bond donors (Lipinski definition) is 0. The first-order valence-corrected chi connectivity index (χ1v) is 9.73. The van der Waals surface area contributed by atoms with Crippen molar-refractivity contribution >= 4 is 0 Å². The summed E-state index contributed by atoms with van der Waals surface area (Å²) in [7, 11) is 0. The van der Waals surface area contributed by atoms with Gasteiger partial charge in [0.05, 0.1) is 0 Å². The van der Waals surface area contributed by atoms with Gasteiger partial charge in [-0.25, -0.2) is 0 Å². The van der Waals surface area contributed by atoms with Crippen LogP contribution in [0, 0.1) is 0 Å². The van der Waals surface area contributed by atoms with Crippen LogP contribution in [0.3, 0.4) is 0 Å². The van der Waals surface area contributed by atoms with E-state index in [1.54, 1.807) is 7.76 Å². The topological polar surface area (TPSA) is 9.23 Å². The molecule has 0 atom stereocenters. The van der Waals surface area contributed by atoms with Gasteiger partial charge in [0.15, 0.2) is 0 Å². The molecule has 0 N–H and O–H groups in total. The first kappa shape index (κ1) is 16.8. The molecule has 2 aromatic rings. The van der Waals surface area contributed by atoms with E-state index in [9.17, 15) is 0 Å². The van der Waals surface area contributed by atoms with Crippen molar-refractivity contribution in [2.75, 3.05) is 0 Å². The third-order valence-electron chi connectivity index (χ3n) is 3.59. The summed E-state index contributed by atoms with van der Waals surface area (Å²) in [5.41, 5.74) is 0. The molecule has 0 heterocycles. The zero-order valence-corrected chi connectivity index (χ0v) is 15.1. The first-order chi connectivity index (χ1) is 11.9. The van der Waals surface area contributed by atoms with Crippen LogP contribution in [0.5, 0.6) is 11.5 Å². The summed E-state index contributed by atoms with van der Waals surface area (Å²) in [5.74, 6) is 1.74. The number of para-hydroxylation sites is 2. The summed E-state index contributed by atoms with van der Waals surface area (Å²) in [6.45, 7) is 0. The number of hydrogen-bond acceptors (Lipinski definition) is 1. The number of ether oxygens (including phenoxy) is 1. The Morgan fingerprint density at radius 3 is 1.46 bits per heavy atom. The van der Waals surface area contributed by atoms with Gasteiger partial charge in [0.1, 0.15) is 11.5 Å². The van der Waals surface area contributed by atoms with E-state index in [4.69, 9.17) is 4.74 Å². The molecule has 24 heavy (non-hydrogen) atoms. The molecule has 0 unspecified atom stereocenters. The van der Waals surface area contributed by atoms with Gasteiger partial charge in [0.25, 0.3) is 0 Å². The van der Waals surface area contributed by atoms with Crippen molar-refractivity contribution in [3.63, 3.8) is 0 Å². The Kier molecular flexibility index (Phi) is 6.47. The van der Waals surface area contributed by atoms with Crippen molar-refractivity contribution < 1.29 is 23.9 Å². The first-order valence-electron chi connectivity index (χ1n) is 8.16. The number of benzene rings is 2. The standard InChI is InChI=1S/C12H10O.2C5H5.Ti/c1-3-7-11(8-4-1)13-12-9-5-2-6-10-12;2*1-2-4-5-3-1;/h1-10H;2*1-3H,4H2;. The fraction of sp³-hybridized carbons (Fsp3) is 0.0909. The summed E-state index contributed by atoms with van der Waals surface area (Å²) >= 11 is 0.0833. The van der Waals surface area contributed by atoms with Gasteiger partial charge >= 0.3 is 76.2 Å². The van der Waals surface area contributed by atoms with Crippen molar-refractivity contribution in [1.82, 2.24) is 0 Å². The summed E-state index contributed by atoms with van der Waals surface area (Å²) in [6, 6.07) is 19.5. The Hall–Kier alpha value is -2.09. The van der Waals surface area contributed by atoms with E-state index in [0.29, 0.717) is 0 Å². The third-order valence-corrected chi connectivity index (χ3v) is 5.75. The molecule has 2 aliphatic rings. The van der Waals surface area contributed by atoms with Crippen LogP contribution >= 0.6 is 0 Å². The van der Waals surface area contributed by atoms with Crippen molar-refractivity contribution in [1.29, 1.82) is 0 Å². The van der Waals surface area contributed by atoms with E-state index in [0.717, 1.165) is 11.5 Å². The Labute approximate surface area is 153 Å². The molecule has 0 fully saturated rings. The summed E-state index contributed by atoms with van der Waals surface area (Å²) in [6.07, 6.45) is 15.9. The van der Waals surface area contributed by atoms with Crippen molar-refractivity contribution in [3.8, 4) is 11.5 Å². The summed E-state index contributed by atoms with van der Waals surface area (Å²) in [5, 5.41) is 0. The number of allylic oxidation sites excluding steroid dienone is 8. The Bertz CT molecular complexity index is 690.